The van der Waals surface area contributed by atoms with E-state index in [1.54, 1.807) is 24.3 Å². The van der Waals surface area contributed by atoms with Gasteiger partial charge in [0.15, 0.2) is 0 Å². The first kappa shape index (κ1) is 19.8. The number of hydrogen-bond acceptors (Lipinski definition) is 5. The molecule has 0 radical (unpaired) electrons. The number of nitrogens with zero attached hydrogens (tertiary/aromatic N) is 3. The summed E-state index contributed by atoms with van der Waals surface area (Å²) in [7, 11) is 0. The summed E-state index contributed by atoms with van der Waals surface area (Å²) in [6.45, 7) is 0. The summed E-state index contributed by atoms with van der Waals surface area (Å²) in [5.74, 6) is 0.164. The van der Waals surface area contributed by atoms with E-state index in [0.29, 0.717) is 17.1 Å². The van der Waals surface area contributed by atoms with Crippen molar-refractivity contribution in [2.24, 2.45) is 5.92 Å². The number of anilines is 1. The van der Waals surface area contributed by atoms with E-state index >= 15 is 0 Å². The van der Waals surface area contributed by atoms with Crippen molar-refractivity contribution in [1.82, 2.24) is 25.9 Å². The molecule has 8 nitrogen and oxygen atoms in total. The minimum absolute atomic E-state index is 0.0289. The highest BCUT2D eigenvalue weighted by Gasteiger charge is 2.23. The Kier molecular flexibility index (Phi) is 6.12. The van der Waals surface area contributed by atoms with Crippen molar-refractivity contribution in [2.75, 3.05) is 5.32 Å². The maximum atomic E-state index is 13.0. The van der Waals surface area contributed by atoms with Crippen LogP contribution < -0.4 is 10.6 Å². The molecule has 2 aromatic carbocycles. The van der Waals surface area contributed by atoms with Crippen LogP contribution in [0.2, 0.25) is 0 Å². The molecule has 1 heterocycles. The lowest BCUT2D eigenvalue weighted by Gasteiger charge is -2.21. The first-order chi connectivity index (χ1) is 14.7. The number of H-pyrrole nitrogens is 1. The first-order valence-corrected chi connectivity index (χ1v) is 10.2. The molecule has 0 bridgehead atoms. The summed E-state index contributed by atoms with van der Waals surface area (Å²) in [4.78, 5) is 25.5. The van der Waals surface area contributed by atoms with Crippen molar-refractivity contribution in [3.8, 4) is 0 Å². The number of aromatic amines is 1. The second-order valence-electron chi connectivity index (χ2n) is 7.49. The Morgan fingerprint density at radius 3 is 2.53 bits per heavy atom. The van der Waals surface area contributed by atoms with Crippen LogP contribution in [0, 0.1) is 5.92 Å². The zero-order valence-corrected chi connectivity index (χ0v) is 16.5. The molecule has 0 aliphatic heterocycles. The largest absolute Gasteiger partial charge is 0.338 e. The maximum absolute atomic E-state index is 13.0. The van der Waals surface area contributed by atoms with Gasteiger partial charge in [-0.25, -0.2) is 0 Å². The second kappa shape index (κ2) is 9.30. The maximum Gasteiger partial charge on any atom is 0.252 e. The van der Waals surface area contributed by atoms with Gasteiger partial charge in [0.05, 0.1) is 0 Å². The predicted octanol–water partition coefficient (Wildman–Crippen LogP) is 3.24. The molecule has 0 spiro atoms. The molecule has 154 valence electrons. The van der Waals surface area contributed by atoms with Gasteiger partial charge in [0.1, 0.15) is 6.04 Å². The van der Waals surface area contributed by atoms with Crippen molar-refractivity contribution in [3.63, 3.8) is 0 Å². The van der Waals surface area contributed by atoms with Crippen LogP contribution in [-0.2, 0) is 4.79 Å². The molecule has 0 saturated heterocycles. The third-order valence-corrected chi connectivity index (χ3v) is 5.40. The van der Waals surface area contributed by atoms with Crippen LogP contribution in [-0.4, -0.2) is 32.4 Å². The number of tetrazole rings is 1. The molecule has 1 fully saturated rings. The highest BCUT2D eigenvalue weighted by molar-refractivity contribution is 5.98. The lowest BCUT2D eigenvalue weighted by molar-refractivity contribution is -0.120. The quantitative estimate of drug-likeness (QED) is 0.584. The van der Waals surface area contributed by atoms with Crippen molar-refractivity contribution in [1.29, 1.82) is 0 Å². The third kappa shape index (κ3) is 4.71. The van der Waals surface area contributed by atoms with Crippen LogP contribution in [0.3, 0.4) is 0 Å². The van der Waals surface area contributed by atoms with Gasteiger partial charge in [-0.3, -0.25) is 9.59 Å². The highest BCUT2D eigenvalue weighted by Crippen LogP contribution is 2.25. The Balaban J connectivity index is 1.48. The molecule has 1 aliphatic rings. The van der Waals surface area contributed by atoms with E-state index in [1.807, 2.05) is 30.3 Å². The number of hydrogen-bond donors (Lipinski definition) is 3. The summed E-state index contributed by atoms with van der Waals surface area (Å²) >= 11 is 0. The molecule has 2 amide bonds. The molecular formula is C22H24N6O2. The Bertz CT molecular complexity index is 984. The van der Waals surface area contributed by atoms with Crippen LogP contribution in [0.25, 0.3) is 0 Å². The molecule has 8 heteroatoms. The van der Waals surface area contributed by atoms with Crippen LogP contribution in [0.15, 0.2) is 54.6 Å². The molecule has 30 heavy (non-hydrogen) atoms. The Morgan fingerprint density at radius 1 is 1.00 bits per heavy atom. The van der Waals surface area contributed by atoms with Gasteiger partial charge >= 0.3 is 0 Å². The average molecular weight is 404 g/mol. The van der Waals surface area contributed by atoms with Crippen molar-refractivity contribution in [3.05, 3.63) is 71.5 Å². The van der Waals surface area contributed by atoms with Gasteiger partial charge in [-0.15, -0.1) is 10.2 Å². The summed E-state index contributed by atoms with van der Waals surface area (Å²) < 4.78 is 0. The SMILES string of the molecule is O=C(N[C@@H](c1ccccc1)c1nn[nH]n1)c1cccc(NC(=O)C2CCCCC2)c1. The topological polar surface area (TPSA) is 113 Å². The fraction of sp³-hybridized carbons (Fsp3) is 0.318. The molecule has 0 unspecified atom stereocenters. The van der Waals surface area contributed by atoms with E-state index in [2.05, 4.69) is 31.3 Å². The fourth-order valence-corrected chi connectivity index (χ4v) is 3.80. The average Bonchev–Trinajstić information content (AvgIpc) is 3.33. The number of rotatable bonds is 6. The zero-order valence-electron chi connectivity index (χ0n) is 16.5. The van der Waals surface area contributed by atoms with Gasteiger partial charge in [-0.2, -0.15) is 5.21 Å². The summed E-state index contributed by atoms with van der Waals surface area (Å²) in [6, 6.07) is 15.9. The third-order valence-electron chi connectivity index (χ3n) is 5.40. The van der Waals surface area contributed by atoms with Crippen molar-refractivity contribution in [2.45, 2.75) is 38.1 Å². The van der Waals surface area contributed by atoms with Gasteiger partial charge in [0.25, 0.3) is 5.91 Å². The van der Waals surface area contributed by atoms with Gasteiger partial charge in [-0.05, 0) is 36.6 Å². The summed E-state index contributed by atoms with van der Waals surface area (Å²) in [5.41, 5.74) is 1.91. The fourth-order valence-electron chi connectivity index (χ4n) is 3.80. The van der Waals surface area contributed by atoms with Crippen LogP contribution in [0.4, 0.5) is 5.69 Å². The van der Waals surface area contributed by atoms with E-state index in [4.69, 9.17) is 0 Å². The monoisotopic (exact) mass is 404 g/mol. The molecule has 3 N–H and O–H groups in total. The number of amides is 2. The molecule has 3 aromatic rings. The lowest BCUT2D eigenvalue weighted by Crippen LogP contribution is -2.30. The Labute approximate surface area is 174 Å². The normalized spacial score (nSPS) is 15.3. The molecule has 1 aliphatic carbocycles. The zero-order chi connectivity index (χ0) is 20.8. The minimum atomic E-state index is -0.544. The standard InChI is InChI=1S/C22H24N6O2/c29-21(16-10-5-2-6-11-16)23-18-13-7-12-17(14-18)22(30)24-19(20-25-27-28-26-20)15-8-3-1-4-9-15/h1,3-4,7-9,12-14,16,19H,2,5-6,10-11H2,(H,23,29)(H,24,30)(H,25,26,27,28)/t19-/m0/s1. The van der Waals surface area contributed by atoms with Gasteiger partial charge in [-0.1, -0.05) is 60.9 Å². The molecule has 1 saturated carbocycles. The molecular weight excluding hydrogens is 380 g/mol. The van der Waals surface area contributed by atoms with Crippen LogP contribution >= 0.6 is 0 Å². The predicted molar refractivity (Wildman–Crippen MR) is 112 cm³/mol. The smallest absolute Gasteiger partial charge is 0.252 e. The molecule has 1 atom stereocenters. The van der Waals surface area contributed by atoms with Crippen LogP contribution in [0.1, 0.15) is 59.9 Å². The van der Waals surface area contributed by atoms with Gasteiger partial charge < -0.3 is 10.6 Å². The lowest BCUT2D eigenvalue weighted by atomic mass is 9.88. The summed E-state index contributed by atoms with van der Waals surface area (Å²) in [6.07, 6.45) is 5.24. The Morgan fingerprint density at radius 2 is 1.80 bits per heavy atom. The summed E-state index contributed by atoms with van der Waals surface area (Å²) in [5, 5.41) is 20.0. The van der Waals surface area contributed by atoms with Crippen LogP contribution in [0.5, 0.6) is 0 Å². The van der Waals surface area contributed by atoms with E-state index in [0.717, 1.165) is 31.2 Å². The number of benzene rings is 2. The number of aromatic nitrogens is 4. The van der Waals surface area contributed by atoms with Crippen molar-refractivity contribution >= 4 is 17.5 Å². The van der Waals surface area contributed by atoms with E-state index in [-0.39, 0.29) is 17.7 Å². The van der Waals surface area contributed by atoms with E-state index in [1.165, 1.54) is 6.42 Å². The van der Waals surface area contributed by atoms with Crippen molar-refractivity contribution < 1.29 is 9.59 Å². The first-order valence-electron chi connectivity index (χ1n) is 10.2. The number of carbonyl (C=O) groups is 2. The highest BCUT2D eigenvalue weighted by atomic mass is 16.2. The molecule has 1 aromatic heterocycles. The van der Waals surface area contributed by atoms with E-state index in [9.17, 15) is 9.59 Å². The Hall–Kier alpha value is -3.55. The number of carbonyl (C=O) groups excluding carboxylic acids is 2. The minimum Gasteiger partial charge on any atom is -0.338 e. The van der Waals surface area contributed by atoms with Gasteiger partial charge in [0, 0.05) is 17.2 Å². The molecule has 4 rings (SSSR count). The number of nitrogens with one attached hydrogen (secondary N) is 3. The second-order valence-corrected chi connectivity index (χ2v) is 7.49. The van der Waals surface area contributed by atoms with Gasteiger partial charge in [0.2, 0.25) is 11.7 Å². The van der Waals surface area contributed by atoms with E-state index < -0.39 is 6.04 Å².